The fourth-order valence-electron chi connectivity index (χ4n) is 3.55. The number of amides is 1. The molecule has 0 N–H and O–H groups in total. The molecule has 5 nitrogen and oxygen atoms in total. The Bertz CT molecular complexity index is 980. The zero-order valence-corrected chi connectivity index (χ0v) is 17.1. The highest BCUT2D eigenvalue weighted by Gasteiger charge is 2.27. The topological polar surface area (TPSA) is 55.6 Å². The van der Waals surface area contributed by atoms with E-state index in [4.69, 9.17) is 20.9 Å². The number of carbonyl (C=O) groups excluding carboxylic acids is 1. The fourth-order valence-corrected chi connectivity index (χ4v) is 3.68. The predicted molar refractivity (Wildman–Crippen MR) is 112 cm³/mol. The number of hydrogen-bond donors (Lipinski definition) is 0. The van der Waals surface area contributed by atoms with E-state index in [1.165, 1.54) is 5.56 Å². The van der Waals surface area contributed by atoms with Gasteiger partial charge in [-0.3, -0.25) is 4.79 Å². The maximum Gasteiger partial charge on any atom is 0.260 e. The Kier molecular flexibility index (Phi) is 5.86. The van der Waals surface area contributed by atoms with Gasteiger partial charge in [-0.05, 0) is 54.8 Å². The van der Waals surface area contributed by atoms with Gasteiger partial charge in [0.15, 0.2) is 12.4 Å². The van der Waals surface area contributed by atoms with Crippen molar-refractivity contribution in [1.29, 1.82) is 0 Å². The summed E-state index contributed by atoms with van der Waals surface area (Å²) in [5.41, 5.74) is 4.08. The highest BCUT2D eigenvalue weighted by atomic mass is 35.5. The molecular formula is C23H23ClN2O3. The molecule has 0 bridgehead atoms. The van der Waals surface area contributed by atoms with E-state index in [-0.39, 0.29) is 12.5 Å². The molecule has 3 aromatic rings. The molecule has 2 heterocycles. The number of carbonyl (C=O) groups is 1. The van der Waals surface area contributed by atoms with Crippen LogP contribution in [0.1, 0.15) is 30.2 Å². The summed E-state index contributed by atoms with van der Waals surface area (Å²) < 4.78 is 11.2. The number of aryl methyl sites for hydroxylation is 1. The van der Waals surface area contributed by atoms with E-state index in [1.54, 1.807) is 4.90 Å². The summed E-state index contributed by atoms with van der Waals surface area (Å²) in [6, 6.07) is 15.4. The van der Waals surface area contributed by atoms with Crippen LogP contribution < -0.4 is 4.74 Å². The van der Waals surface area contributed by atoms with Crippen LogP contribution in [0.15, 0.2) is 53.1 Å². The van der Waals surface area contributed by atoms with Crippen LogP contribution in [0.5, 0.6) is 5.75 Å². The third kappa shape index (κ3) is 4.46. The van der Waals surface area contributed by atoms with Gasteiger partial charge in [-0.25, -0.2) is 0 Å². The Labute approximate surface area is 175 Å². The monoisotopic (exact) mass is 410 g/mol. The van der Waals surface area contributed by atoms with Crippen LogP contribution in [0.4, 0.5) is 0 Å². The molecule has 0 fully saturated rings. The summed E-state index contributed by atoms with van der Waals surface area (Å²) in [5, 5.41) is 4.87. The van der Waals surface area contributed by atoms with Crippen molar-refractivity contribution in [2.75, 3.05) is 13.2 Å². The Morgan fingerprint density at radius 1 is 1.17 bits per heavy atom. The van der Waals surface area contributed by atoms with Crippen LogP contribution in [0.25, 0.3) is 11.3 Å². The van der Waals surface area contributed by atoms with Crippen molar-refractivity contribution in [3.8, 4) is 17.1 Å². The average Bonchev–Trinajstić information content (AvgIpc) is 3.17. The lowest BCUT2D eigenvalue weighted by atomic mass is 10.0. The summed E-state index contributed by atoms with van der Waals surface area (Å²) in [6.45, 7) is 3.22. The summed E-state index contributed by atoms with van der Waals surface area (Å²) >= 11 is 5.96. The zero-order chi connectivity index (χ0) is 20.2. The van der Waals surface area contributed by atoms with Crippen LogP contribution >= 0.6 is 11.6 Å². The van der Waals surface area contributed by atoms with Crippen LogP contribution in [-0.2, 0) is 24.2 Å². The number of rotatable bonds is 6. The molecule has 4 rings (SSSR count). The number of hydrogen-bond acceptors (Lipinski definition) is 4. The van der Waals surface area contributed by atoms with Gasteiger partial charge in [0.1, 0.15) is 11.4 Å². The van der Waals surface area contributed by atoms with Gasteiger partial charge in [-0.2, -0.15) is 0 Å². The number of aromatic nitrogens is 1. The molecule has 0 unspecified atom stereocenters. The maximum absolute atomic E-state index is 12.6. The van der Waals surface area contributed by atoms with Crippen molar-refractivity contribution in [2.24, 2.45) is 0 Å². The third-order valence-electron chi connectivity index (χ3n) is 5.13. The van der Waals surface area contributed by atoms with Gasteiger partial charge < -0.3 is 14.2 Å². The Hall–Kier alpha value is -2.79. The van der Waals surface area contributed by atoms with Crippen LogP contribution in [0.3, 0.4) is 0 Å². The van der Waals surface area contributed by atoms with Gasteiger partial charge in [0.25, 0.3) is 5.91 Å². The minimum Gasteiger partial charge on any atom is -0.484 e. The van der Waals surface area contributed by atoms with E-state index in [1.807, 2.05) is 48.5 Å². The Morgan fingerprint density at radius 3 is 2.66 bits per heavy atom. The van der Waals surface area contributed by atoms with Gasteiger partial charge in [-0.15, -0.1) is 0 Å². The number of fused-ring (bicyclic) bond motifs is 1. The first-order valence-electron chi connectivity index (χ1n) is 9.87. The van der Waals surface area contributed by atoms with Gasteiger partial charge >= 0.3 is 0 Å². The summed E-state index contributed by atoms with van der Waals surface area (Å²) in [5.74, 6) is 1.42. The average molecular weight is 411 g/mol. The highest BCUT2D eigenvalue weighted by molar-refractivity contribution is 6.30. The molecule has 0 saturated carbocycles. The second-order valence-electron chi connectivity index (χ2n) is 7.19. The van der Waals surface area contributed by atoms with Crippen molar-refractivity contribution in [3.05, 3.63) is 70.4 Å². The normalized spacial score (nSPS) is 13.2. The van der Waals surface area contributed by atoms with Crippen LogP contribution in [-0.4, -0.2) is 29.1 Å². The number of benzene rings is 2. The van der Waals surface area contributed by atoms with E-state index in [9.17, 15) is 4.79 Å². The lowest BCUT2D eigenvalue weighted by Gasteiger charge is -2.26. The third-order valence-corrected chi connectivity index (χ3v) is 5.38. The second kappa shape index (κ2) is 8.70. The van der Waals surface area contributed by atoms with E-state index < -0.39 is 0 Å². The van der Waals surface area contributed by atoms with Crippen molar-refractivity contribution in [1.82, 2.24) is 10.1 Å². The quantitative estimate of drug-likeness (QED) is 0.579. The zero-order valence-electron chi connectivity index (χ0n) is 16.4. The number of ether oxygens (including phenoxy) is 1. The van der Waals surface area contributed by atoms with Crippen molar-refractivity contribution in [3.63, 3.8) is 0 Å². The molecule has 1 aliphatic heterocycles. The second-order valence-corrected chi connectivity index (χ2v) is 7.63. The molecule has 1 amide bonds. The van der Waals surface area contributed by atoms with E-state index in [0.717, 1.165) is 35.4 Å². The molecule has 1 aliphatic rings. The van der Waals surface area contributed by atoms with Crippen molar-refractivity contribution in [2.45, 2.75) is 32.7 Å². The molecule has 0 spiro atoms. The Balaban J connectivity index is 1.37. The largest absolute Gasteiger partial charge is 0.484 e. The number of nitrogens with zero attached hydrogens (tertiary/aromatic N) is 2. The van der Waals surface area contributed by atoms with Gasteiger partial charge in [0, 0.05) is 22.7 Å². The SMILES string of the molecule is CCCc1ccc(OCC(=O)N2CCc3c(noc3-c3ccc(Cl)cc3)C2)cc1. The molecule has 0 saturated heterocycles. The van der Waals surface area contributed by atoms with E-state index >= 15 is 0 Å². The molecule has 150 valence electrons. The smallest absolute Gasteiger partial charge is 0.260 e. The van der Waals surface area contributed by atoms with Crippen LogP contribution in [0.2, 0.25) is 5.02 Å². The lowest BCUT2D eigenvalue weighted by Crippen LogP contribution is -2.38. The summed E-state index contributed by atoms with van der Waals surface area (Å²) in [6.07, 6.45) is 2.86. The highest BCUT2D eigenvalue weighted by Crippen LogP contribution is 2.31. The van der Waals surface area contributed by atoms with Crippen molar-refractivity contribution >= 4 is 17.5 Å². The molecule has 0 atom stereocenters. The van der Waals surface area contributed by atoms with Crippen LogP contribution in [0, 0.1) is 0 Å². The summed E-state index contributed by atoms with van der Waals surface area (Å²) in [4.78, 5) is 14.4. The molecule has 0 radical (unpaired) electrons. The predicted octanol–water partition coefficient (Wildman–Crippen LogP) is 4.91. The molecule has 6 heteroatoms. The first-order valence-corrected chi connectivity index (χ1v) is 10.2. The minimum atomic E-state index is -0.0515. The van der Waals surface area contributed by atoms with Gasteiger partial charge in [0.2, 0.25) is 0 Å². The number of halogens is 1. The molecule has 1 aromatic heterocycles. The lowest BCUT2D eigenvalue weighted by molar-refractivity contribution is -0.134. The first-order chi connectivity index (χ1) is 14.1. The minimum absolute atomic E-state index is 0.0182. The standard InChI is InChI=1S/C23H23ClN2O3/c1-2-3-16-4-10-19(11-5-16)28-15-22(27)26-13-12-20-21(14-26)25-29-23(20)17-6-8-18(24)9-7-17/h4-11H,2-3,12-15H2,1H3. The summed E-state index contributed by atoms with van der Waals surface area (Å²) in [7, 11) is 0. The van der Waals surface area contributed by atoms with Crippen molar-refractivity contribution < 1.29 is 14.1 Å². The maximum atomic E-state index is 12.6. The Morgan fingerprint density at radius 2 is 1.93 bits per heavy atom. The first kappa shape index (κ1) is 19.5. The fraction of sp³-hybridized carbons (Fsp3) is 0.304. The molecule has 0 aliphatic carbocycles. The van der Waals surface area contributed by atoms with Gasteiger partial charge in [0.05, 0.1) is 6.54 Å². The molecule has 2 aromatic carbocycles. The van der Waals surface area contributed by atoms with E-state index in [0.29, 0.717) is 30.3 Å². The molecular weight excluding hydrogens is 388 g/mol. The molecule has 29 heavy (non-hydrogen) atoms. The van der Waals surface area contributed by atoms with E-state index in [2.05, 4.69) is 12.1 Å². The van der Waals surface area contributed by atoms with Gasteiger partial charge in [-0.1, -0.05) is 42.2 Å².